The molecule has 0 radical (unpaired) electrons. The maximum absolute atomic E-state index is 12.9. The summed E-state index contributed by atoms with van der Waals surface area (Å²) in [5.41, 5.74) is 5.35. The van der Waals surface area contributed by atoms with Crippen LogP contribution in [-0.4, -0.2) is 44.7 Å². The molecule has 1 saturated heterocycles. The predicted molar refractivity (Wildman–Crippen MR) is 142 cm³/mol. The molecule has 1 aliphatic heterocycles. The molecule has 4 aromatic rings. The highest BCUT2D eigenvalue weighted by Crippen LogP contribution is 2.29. The smallest absolute Gasteiger partial charge is 0.251 e. The van der Waals surface area contributed by atoms with Gasteiger partial charge in [0.2, 0.25) is 0 Å². The molecule has 2 aromatic heterocycles. The van der Waals surface area contributed by atoms with Gasteiger partial charge in [0.05, 0.1) is 16.9 Å². The number of rotatable bonds is 6. The van der Waals surface area contributed by atoms with Crippen molar-refractivity contribution < 1.29 is 9.53 Å². The molecule has 0 bridgehead atoms. The standard InChI is InChI=1S/C29H31N5O2/c1-5-34-14-11-22(12-15-34)31-29(35)25-8-6-21(16-19(25)2)27-17-24(10-13-30-27)36-23-7-9-26-20(3)32-33(4)28(26)18-23/h5-10,13,16-18,22H,1,11-12,14-15H2,2-4H3,(H,31,35). The number of nitrogens with one attached hydrogen (secondary N) is 1. The largest absolute Gasteiger partial charge is 0.457 e. The third-order valence-electron chi connectivity index (χ3n) is 6.86. The van der Waals surface area contributed by atoms with Crippen LogP contribution in [0.1, 0.15) is 34.5 Å². The lowest BCUT2D eigenvalue weighted by Gasteiger charge is -2.31. The van der Waals surface area contributed by atoms with E-state index < -0.39 is 0 Å². The van der Waals surface area contributed by atoms with Crippen LogP contribution in [0.4, 0.5) is 0 Å². The highest BCUT2D eigenvalue weighted by atomic mass is 16.5. The molecule has 36 heavy (non-hydrogen) atoms. The number of pyridine rings is 1. The number of aryl methyl sites for hydroxylation is 3. The molecule has 0 spiro atoms. The number of ether oxygens (including phenoxy) is 1. The van der Waals surface area contributed by atoms with Crippen LogP contribution in [0, 0.1) is 13.8 Å². The Hall–Kier alpha value is -4.13. The molecule has 1 fully saturated rings. The van der Waals surface area contributed by atoms with Crippen LogP contribution in [0.3, 0.4) is 0 Å². The number of benzene rings is 2. The lowest BCUT2D eigenvalue weighted by Crippen LogP contribution is -2.43. The predicted octanol–water partition coefficient (Wildman–Crippen LogP) is 5.38. The fourth-order valence-corrected chi connectivity index (χ4v) is 4.82. The molecule has 7 nitrogen and oxygen atoms in total. The molecule has 0 aliphatic carbocycles. The second kappa shape index (κ2) is 9.85. The molecule has 1 aliphatic rings. The lowest BCUT2D eigenvalue weighted by atomic mass is 10.0. The van der Waals surface area contributed by atoms with Crippen molar-refractivity contribution >= 4 is 16.8 Å². The van der Waals surface area contributed by atoms with Crippen LogP contribution in [-0.2, 0) is 7.05 Å². The number of fused-ring (bicyclic) bond motifs is 1. The Balaban J connectivity index is 1.30. The number of hydrogen-bond donors (Lipinski definition) is 1. The number of piperidine rings is 1. The molecule has 3 heterocycles. The van der Waals surface area contributed by atoms with E-state index in [0.29, 0.717) is 11.3 Å². The van der Waals surface area contributed by atoms with Gasteiger partial charge in [-0.15, -0.1) is 0 Å². The molecule has 7 heteroatoms. The van der Waals surface area contributed by atoms with Crippen molar-refractivity contribution in [2.75, 3.05) is 13.1 Å². The Morgan fingerprint density at radius 3 is 2.61 bits per heavy atom. The summed E-state index contributed by atoms with van der Waals surface area (Å²) >= 11 is 0. The van der Waals surface area contributed by atoms with Crippen molar-refractivity contribution in [2.24, 2.45) is 7.05 Å². The molecule has 2 aromatic carbocycles. The quantitative estimate of drug-likeness (QED) is 0.400. The third-order valence-corrected chi connectivity index (χ3v) is 6.86. The van der Waals surface area contributed by atoms with Gasteiger partial charge < -0.3 is 15.0 Å². The first-order chi connectivity index (χ1) is 17.4. The van der Waals surface area contributed by atoms with Gasteiger partial charge in [0, 0.05) is 61.0 Å². The van der Waals surface area contributed by atoms with E-state index in [4.69, 9.17) is 4.74 Å². The van der Waals surface area contributed by atoms with E-state index in [1.165, 1.54) is 0 Å². The number of likely N-dealkylation sites (tertiary alicyclic amines) is 1. The van der Waals surface area contributed by atoms with Crippen LogP contribution in [0.25, 0.3) is 22.2 Å². The van der Waals surface area contributed by atoms with E-state index in [9.17, 15) is 4.79 Å². The van der Waals surface area contributed by atoms with Crippen molar-refractivity contribution in [2.45, 2.75) is 32.7 Å². The zero-order chi connectivity index (χ0) is 25.2. The highest BCUT2D eigenvalue weighted by Gasteiger charge is 2.20. The van der Waals surface area contributed by atoms with Crippen molar-refractivity contribution in [3.8, 4) is 22.8 Å². The minimum Gasteiger partial charge on any atom is -0.457 e. The van der Waals surface area contributed by atoms with Gasteiger partial charge in [-0.2, -0.15) is 5.10 Å². The Labute approximate surface area is 211 Å². The fourth-order valence-electron chi connectivity index (χ4n) is 4.82. The average Bonchev–Trinajstić information content (AvgIpc) is 3.17. The summed E-state index contributed by atoms with van der Waals surface area (Å²) in [6.45, 7) is 9.64. The van der Waals surface area contributed by atoms with E-state index in [-0.39, 0.29) is 11.9 Å². The maximum Gasteiger partial charge on any atom is 0.251 e. The normalized spacial score (nSPS) is 14.1. The van der Waals surface area contributed by atoms with E-state index in [0.717, 1.165) is 65.1 Å². The summed E-state index contributed by atoms with van der Waals surface area (Å²) in [5.74, 6) is 1.41. The van der Waals surface area contributed by atoms with E-state index in [1.54, 1.807) is 6.20 Å². The topological polar surface area (TPSA) is 72.3 Å². The van der Waals surface area contributed by atoms with Gasteiger partial charge in [0.15, 0.2) is 0 Å². The second-order valence-electron chi connectivity index (χ2n) is 9.36. The molecule has 0 saturated carbocycles. The molecule has 184 valence electrons. The van der Waals surface area contributed by atoms with Gasteiger partial charge >= 0.3 is 0 Å². The number of amides is 1. The number of aromatic nitrogens is 3. The fraction of sp³-hybridized carbons (Fsp3) is 0.276. The SMILES string of the molecule is C=CN1CCC(NC(=O)c2ccc(-c3cc(Oc4ccc5c(C)nn(C)c5c4)ccn3)cc2C)CC1. The van der Waals surface area contributed by atoms with Gasteiger partial charge in [-0.1, -0.05) is 12.6 Å². The summed E-state index contributed by atoms with van der Waals surface area (Å²) in [6.07, 6.45) is 5.47. The summed E-state index contributed by atoms with van der Waals surface area (Å²) in [6, 6.07) is 15.8. The van der Waals surface area contributed by atoms with Crippen LogP contribution in [0.2, 0.25) is 0 Å². The third kappa shape index (κ3) is 4.82. The Bertz CT molecular complexity index is 1430. The van der Waals surface area contributed by atoms with Crippen molar-refractivity contribution in [1.82, 2.24) is 25.0 Å². The minimum absolute atomic E-state index is 0.0260. The highest BCUT2D eigenvalue weighted by molar-refractivity contribution is 5.96. The molecule has 0 atom stereocenters. The van der Waals surface area contributed by atoms with Crippen molar-refractivity contribution in [3.63, 3.8) is 0 Å². The second-order valence-corrected chi connectivity index (χ2v) is 9.36. The van der Waals surface area contributed by atoms with Gasteiger partial charge in [-0.3, -0.25) is 14.5 Å². The van der Waals surface area contributed by atoms with Crippen molar-refractivity contribution in [1.29, 1.82) is 0 Å². The maximum atomic E-state index is 12.9. The summed E-state index contributed by atoms with van der Waals surface area (Å²) in [7, 11) is 1.93. The molecule has 1 N–H and O–H groups in total. The Kier molecular flexibility index (Phi) is 6.46. The van der Waals surface area contributed by atoms with Crippen LogP contribution < -0.4 is 10.1 Å². The Morgan fingerprint density at radius 2 is 1.86 bits per heavy atom. The van der Waals surface area contributed by atoms with Gasteiger partial charge in [0.1, 0.15) is 11.5 Å². The Morgan fingerprint density at radius 1 is 1.08 bits per heavy atom. The average molecular weight is 482 g/mol. The molecule has 5 rings (SSSR count). The van der Waals surface area contributed by atoms with Gasteiger partial charge in [-0.25, -0.2) is 0 Å². The summed E-state index contributed by atoms with van der Waals surface area (Å²) < 4.78 is 8.01. The van der Waals surface area contributed by atoms with Crippen LogP contribution in [0.5, 0.6) is 11.5 Å². The molecule has 1 amide bonds. The van der Waals surface area contributed by atoms with E-state index in [1.807, 2.05) is 80.3 Å². The van der Waals surface area contributed by atoms with Crippen LogP contribution in [0.15, 0.2) is 67.5 Å². The van der Waals surface area contributed by atoms with Gasteiger partial charge in [0.25, 0.3) is 5.91 Å². The molecule has 0 unspecified atom stereocenters. The molecular weight excluding hydrogens is 450 g/mol. The number of carbonyl (C=O) groups is 1. The van der Waals surface area contributed by atoms with Gasteiger partial charge in [-0.05, 0) is 68.8 Å². The molecular formula is C29H31N5O2. The monoisotopic (exact) mass is 481 g/mol. The number of hydrogen-bond acceptors (Lipinski definition) is 5. The summed E-state index contributed by atoms with van der Waals surface area (Å²) in [5, 5.41) is 8.78. The zero-order valence-electron chi connectivity index (χ0n) is 21.0. The summed E-state index contributed by atoms with van der Waals surface area (Å²) in [4.78, 5) is 19.6. The van der Waals surface area contributed by atoms with E-state index >= 15 is 0 Å². The van der Waals surface area contributed by atoms with E-state index in [2.05, 4.69) is 26.9 Å². The number of nitrogens with zero attached hydrogens (tertiary/aromatic N) is 4. The number of carbonyl (C=O) groups excluding carboxylic acids is 1. The first kappa shape index (κ1) is 23.6. The van der Waals surface area contributed by atoms with Crippen molar-refractivity contribution in [3.05, 3.63) is 84.3 Å². The van der Waals surface area contributed by atoms with Crippen LogP contribution >= 0.6 is 0 Å². The lowest BCUT2D eigenvalue weighted by molar-refractivity contribution is 0.0919. The first-order valence-corrected chi connectivity index (χ1v) is 12.3. The zero-order valence-corrected chi connectivity index (χ0v) is 21.0. The minimum atomic E-state index is -0.0260. The first-order valence-electron chi connectivity index (χ1n) is 12.3.